The van der Waals surface area contributed by atoms with Gasteiger partial charge in [0, 0.05) is 13.1 Å². The number of carboxylic acids is 1. The molecule has 110 valence electrons. The molecule has 0 aromatic heterocycles. The van der Waals surface area contributed by atoms with Crippen LogP contribution in [0, 0.1) is 0 Å². The molecule has 1 aromatic rings. The molecule has 1 aromatic carbocycles. The van der Waals surface area contributed by atoms with Gasteiger partial charge in [-0.05, 0) is 43.5 Å². The summed E-state index contributed by atoms with van der Waals surface area (Å²) in [4.78, 5) is 13.6. The normalized spacial score (nSPS) is 17.2. The summed E-state index contributed by atoms with van der Waals surface area (Å²) in [7, 11) is 0. The summed E-state index contributed by atoms with van der Waals surface area (Å²) >= 11 is 0. The first kappa shape index (κ1) is 15.0. The van der Waals surface area contributed by atoms with Gasteiger partial charge in [-0.25, -0.2) is 0 Å². The van der Waals surface area contributed by atoms with Gasteiger partial charge in [-0.3, -0.25) is 9.69 Å². The summed E-state index contributed by atoms with van der Waals surface area (Å²) in [5.74, 6) is -0.754. The van der Waals surface area contributed by atoms with Crippen LogP contribution >= 0.6 is 0 Å². The van der Waals surface area contributed by atoms with Crippen molar-refractivity contribution in [2.75, 3.05) is 19.6 Å². The summed E-state index contributed by atoms with van der Waals surface area (Å²) in [6, 6.07) is 8.01. The van der Waals surface area contributed by atoms with Gasteiger partial charge in [0.25, 0.3) is 0 Å². The lowest BCUT2D eigenvalue weighted by molar-refractivity contribution is -0.140. The Morgan fingerprint density at radius 3 is 2.85 bits per heavy atom. The van der Waals surface area contributed by atoms with Gasteiger partial charge in [-0.1, -0.05) is 31.2 Å². The van der Waals surface area contributed by atoms with E-state index in [-0.39, 0.29) is 0 Å². The van der Waals surface area contributed by atoms with E-state index in [4.69, 9.17) is 0 Å². The third-order valence-corrected chi connectivity index (χ3v) is 3.81. The second-order valence-electron chi connectivity index (χ2n) is 5.45. The standard InChI is InChI=1S/C16H24N2O2/c1-2-9-17-15(16(19)20)12-18-10-5-8-13-6-3-4-7-14(13)11-18/h3-4,6-7,15,17H,2,5,8-12H2,1H3,(H,19,20). The average Bonchev–Trinajstić information content (AvgIpc) is 2.64. The Kier molecular flexibility index (Phi) is 5.56. The molecule has 2 N–H and O–H groups in total. The lowest BCUT2D eigenvalue weighted by Crippen LogP contribution is -2.46. The van der Waals surface area contributed by atoms with Gasteiger partial charge in [0.1, 0.15) is 6.04 Å². The van der Waals surface area contributed by atoms with Crippen molar-refractivity contribution < 1.29 is 9.90 Å². The minimum Gasteiger partial charge on any atom is -0.480 e. The van der Waals surface area contributed by atoms with Crippen LogP contribution in [0.5, 0.6) is 0 Å². The molecule has 1 aliphatic heterocycles. The molecule has 0 aliphatic carbocycles. The first-order valence-corrected chi connectivity index (χ1v) is 7.46. The molecular weight excluding hydrogens is 252 g/mol. The lowest BCUT2D eigenvalue weighted by atomic mass is 10.0. The second kappa shape index (κ2) is 7.41. The zero-order valence-electron chi connectivity index (χ0n) is 12.1. The zero-order chi connectivity index (χ0) is 14.4. The molecule has 1 aliphatic rings. The smallest absolute Gasteiger partial charge is 0.322 e. The number of nitrogens with one attached hydrogen (secondary N) is 1. The maximum absolute atomic E-state index is 11.3. The number of nitrogens with zero attached hydrogens (tertiary/aromatic N) is 1. The van der Waals surface area contributed by atoms with Gasteiger partial charge in [-0.15, -0.1) is 0 Å². The fourth-order valence-electron chi connectivity index (χ4n) is 2.73. The second-order valence-corrected chi connectivity index (χ2v) is 5.45. The number of carboxylic acid groups (broad SMARTS) is 1. The number of fused-ring (bicyclic) bond motifs is 1. The molecule has 0 fully saturated rings. The summed E-state index contributed by atoms with van der Waals surface area (Å²) in [6.07, 6.45) is 3.14. The summed E-state index contributed by atoms with van der Waals surface area (Å²) in [5.41, 5.74) is 2.74. The molecule has 1 heterocycles. The molecular formula is C16H24N2O2. The molecule has 4 nitrogen and oxygen atoms in total. The quantitative estimate of drug-likeness (QED) is 0.833. The highest BCUT2D eigenvalue weighted by Crippen LogP contribution is 2.18. The van der Waals surface area contributed by atoms with Gasteiger partial charge in [0.05, 0.1) is 0 Å². The Morgan fingerprint density at radius 2 is 2.15 bits per heavy atom. The van der Waals surface area contributed by atoms with Crippen molar-refractivity contribution in [3.63, 3.8) is 0 Å². The molecule has 0 spiro atoms. The topological polar surface area (TPSA) is 52.6 Å². The number of benzene rings is 1. The molecule has 4 heteroatoms. The Morgan fingerprint density at radius 1 is 1.40 bits per heavy atom. The van der Waals surface area contributed by atoms with Crippen LogP contribution in [0.2, 0.25) is 0 Å². The number of hydrogen-bond acceptors (Lipinski definition) is 3. The van der Waals surface area contributed by atoms with Gasteiger partial charge in [-0.2, -0.15) is 0 Å². The van der Waals surface area contributed by atoms with E-state index < -0.39 is 12.0 Å². The highest BCUT2D eigenvalue weighted by atomic mass is 16.4. The third-order valence-electron chi connectivity index (χ3n) is 3.81. The molecule has 20 heavy (non-hydrogen) atoms. The fraction of sp³-hybridized carbons (Fsp3) is 0.562. The Balaban J connectivity index is 2.00. The van der Waals surface area contributed by atoms with Crippen LogP contribution in [0.3, 0.4) is 0 Å². The van der Waals surface area contributed by atoms with Crippen LogP contribution in [-0.4, -0.2) is 41.7 Å². The van der Waals surface area contributed by atoms with E-state index in [1.807, 2.05) is 6.92 Å². The molecule has 0 bridgehead atoms. The van der Waals surface area contributed by atoms with E-state index in [0.29, 0.717) is 6.54 Å². The first-order valence-electron chi connectivity index (χ1n) is 7.46. The van der Waals surface area contributed by atoms with Gasteiger partial charge < -0.3 is 10.4 Å². The van der Waals surface area contributed by atoms with Crippen LogP contribution < -0.4 is 5.32 Å². The average molecular weight is 276 g/mol. The van der Waals surface area contributed by atoms with Crippen molar-refractivity contribution in [1.82, 2.24) is 10.2 Å². The Bertz CT molecular complexity index is 448. The van der Waals surface area contributed by atoms with Gasteiger partial charge in [0.15, 0.2) is 0 Å². The number of aryl methyl sites for hydroxylation is 1. The maximum atomic E-state index is 11.3. The van der Waals surface area contributed by atoms with Crippen LogP contribution in [-0.2, 0) is 17.8 Å². The largest absolute Gasteiger partial charge is 0.480 e. The van der Waals surface area contributed by atoms with E-state index in [0.717, 1.165) is 38.9 Å². The fourth-order valence-corrected chi connectivity index (χ4v) is 2.73. The number of rotatable bonds is 6. The summed E-state index contributed by atoms with van der Waals surface area (Å²) in [6.45, 7) is 5.19. The van der Waals surface area contributed by atoms with Crippen molar-refractivity contribution in [3.8, 4) is 0 Å². The van der Waals surface area contributed by atoms with E-state index in [9.17, 15) is 9.90 Å². The van der Waals surface area contributed by atoms with Gasteiger partial charge in [0.2, 0.25) is 0 Å². The van der Waals surface area contributed by atoms with E-state index in [1.165, 1.54) is 11.1 Å². The van der Waals surface area contributed by atoms with E-state index in [2.05, 4.69) is 34.5 Å². The number of hydrogen-bond donors (Lipinski definition) is 2. The van der Waals surface area contributed by atoms with E-state index in [1.54, 1.807) is 0 Å². The lowest BCUT2D eigenvalue weighted by Gasteiger charge is -2.25. The monoisotopic (exact) mass is 276 g/mol. The summed E-state index contributed by atoms with van der Waals surface area (Å²) in [5, 5.41) is 12.4. The van der Waals surface area contributed by atoms with Crippen molar-refractivity contribution in [2.24, 2.45) is 0 Å². The van der Waals surface area contributed by atoms with Crippen molar-refractivity contribution >= 4 is 5.97 Å². The summed E-state index contributed by atoms with van der Waals surface area (Å²) < 4.78 is 0. The molecule has 0 amide bonds. The molecule has 1 unspecified atom stereocenters. The molecule has 0 radical (unpaired) electrons. The van der Waals surface area contributed by atoms with Crippen LogP contribution in [0.1, 0.15) is 30.9 Å². The predicted octanol–water partition coefficient (Wildman–Crippen LogP) is 1.89. The van der Waals surface area contributed by atoms with Crippen molar-refractivity contribution in [2.45, 2.75) is 38.8 Å². The van der Waals surface area contributed by atoms with Crippen LogP contribution in [0.25, 0.3) is 0 Å². The number of aliphatic carboxylic acids is 1. The maximum Gasteiger partial charge on any atom is 0.322 e. The predicted molar refractivity (Wildman–Crippen MR) is 79.8 cm³/mol. The first-order chi connectivity index (χ1) is 9.70. The van der Waals surface area contributed by atoms with Crippen molar-refractivity contribution in [1.29, 1.82) is 0 Å². The minimum atomic E-state index is -0.754. The molecule has 0 saturated carbocycles. The SMILES string of the molecule is CCCNC(CN1CCCc2ccccc2C1)C(=O)O. The van der Waals surface area contributed by atoms with Crippen molar-refractivity contribution in [3.05, 3.63) is 35.4 Å². The van der Waals surface area contributed by atoms with Gasteiger partial charge >= 0.3 is 5.97 Å². The van der Waals surface area contributed by atoms with E-state index >= 15 is 0 Å². The highest BCUT2D eigenvalue weighted by Gasteiger charge is 2.22. The highest BCUT2D eigenvalue weighted by molar-refractivity contribution is 5.73. The number of carbonyl (C=O) groups is 1. The molecule has 1 atom stereocenters. The Labute approximate surface area is 120 Å². The molecule has 2 rings (SSSR count). The zero-order valence-corrected chi connectivity index (χ0v) is 12.1. The van der Waals surface area contributed by atoms with Crippen LogP contribution in [0.4, 0.5) is 0 Å². The minimum absolute atomic E-state index is 0.472. The molecule has 0 saturated heterocycles. The Hall–Kier alpha value is -1.39. The van der Waals surface area contributed by atoms with Crippen LogP contribution in [0.15, 0.2) is 24.3 Å². The third kappa shape index (κ3) is 4.05.